The van der Waals surface area contributed by atoms with Gasteiger partial charge in [-0.2, -0.15) is 0 Å². The Balaban J connectivity index is 4.47. The summed E-state index contributed by atoms with van der Waals surface area (Å²) >= 11 is 0. The van der Waals surface area contributed by atoms with E-state index in [-0.39, 0.29) is 0 Å². The molecule has 0 spiro atoms. The molecule has 0 aromatic heterocycles. The number of aliphatic hydroxyl groups excluding tert-OH is 4. The number of carbonyl (C=O) groups is 1. The van der Waals surface area contributed by atoms with Crippen LogP contribution in [-0.4, -0.2) is 58.8 Å². The van der Waals surface area contributed by atoms with E-state index in [0.29, 0.717) is 0 Å². The van der Waals surface area contributed by atoms with Gasteiger partial charge in [0.15, 0.2) is 0 Å². The molecule has 0 aromatic rings. The van der Waals surface area contributed by atoms with E-state index >= 15 is 0 Å². The van der Waals surface area contributed by atoms with Crippen molar-refractivity contribution in [2.45, 2.75) is 38.0 Å². The Hall–Kier alpha value is -0.273. The molecule has 0 aliphatic carbocycles. The summed E-state index contributed by atoms with van der Waals surface area (Å²) in [6.07, 6.45) is -4.70. The molecule has 0 amide bonds. The van der Waals surface area contributed by atoms with Crippen LogP contribution in [0.2, 0.25) is 19.6 Å². The van der Waals surface area contributed by atoms with E-state index in [2.05, 4.69) is 0 Å². The van der Waals surface area contributed by atoms with Crippen LogP contribution in [0.4, 0.5) is 0 Å². The first-order valence-electron chi connectivity index (χ1n) is 4.41. The molecule has 14 heavy (non-hydrogen) atoms. The minimum Gasteiger partial charge on any atom is -0.394 e. The highest BCUT2D eigenvalue weighted by Crippen LogP contribution is 2.10. The van der Waals surface area contributed by atoms with Crippen molar-refractivity contribution in [1.82, 2.24) is 0 Å². The first kappa shape index (κ1) is 13.7. The summed E-state index contributed by atoms with van der Waals surface area (Å²) < 4.78 is 0. The van der Waals surface area contributed by atoms with Crippen molar-refractivity contribution in [2.75, 3.05) is 6.61 Å². The molecule has 84 valence electrons. The molecule has 0 radical (unpaired) electrons. The molecule has 0 bridgehead atoms. The summed E-state index contributed by atoms with van der Waals surface area (Å²) in [6.45, 7) is 4.51. The Morgan fingerprint density at radius 2 is 1.64 bits per heavy atom. The standard InChI is InChI=1S/C8H18O5Si/c1-14(2,3)8(13)7(12)6(11)5(10)4-9/h5-7,9-12H,4H2,1-3H3/t5-,6+,7-/m1/s1. The molecule has 0 fully saturated rings. The van der Waals surface area contributed by atoms with E-state index in [0.717, 1.165) is 0 Å². The van der Waals surface area contributed by atoms with E-state index in [1.807, 2.05) is 0 Å². The van der Waals surface area contributed by atoms with Gasteiger partial charge in [0.05, 0.1) is 6.61 Å². The summed E-state index contributed by atoms with van der Waals surface area (Å²) in [6, 6.07) is 0. The zero-order chi connectivity index (χ0) is 11.5. The van der Waals surface area contributed by atoms with Crippen molar-refractivity contribution >= 4 is 13.5 Å². The van der Waals surface area contributed by atoms with Gasteiger partial charge in [-0.25, -0.2) is 0 Å². The fourth-order valence-electron chi connectivity index (χ4n) is 0.917. The predicted octanol–water partition coefficient (Wildman–Crippen LogP) is -1.49. The highest BCUT2D eigenvalue weighted by molar-refractivity contribution is 7.04. The van der Waals surface area contributed by atoms with Gasteiger partial charge in [0.1, 0.15) is 31.8 Å². The topological polar surface area (TPSA) is 98.0 Å². The zero-order valence-corrected chi connectivity index (χ0v) is 9.64. The maximum absolute atomic E-state index is 11.5. The predicted molar refractivity (Wildman–Crippen MR) is 53.5 cm³/mol. The van der Waals surface area contributed by atoms with Crippen molar-refractivity contribution in [3.8, 4) is 0 Å². The van der Waals surface area contributed by atoms with Gasteiger partial charge in [0, 0.05) is 0 Å². The molecule has 4 N–H and O–H groups in total. The third-order valence-corrected chi connectivity index (χ3v) is 3.69. The van der Waals surface area contributed by atoms with Crippen molar-refractivity contribution < 1.29 is 25.2 Å². The van der Waals surface area contributed by atoms with Gasteiger partial charge < -0.3 is 25.2 Å². The van der Waals surface area contributed by atoms with Gasteiger partial charge in [-0.1, -0.05) is 19.6 Å². The molecule has 0 saturated heterocycles. The van der Waals surface area contributed by atoms with Crippen LogP contribution in [0.5, 0.6) is 0 Å². The highest BCUT2D eigenvalue weighted by atomic mass is 28.3. The molecule has 0 aromatic carbocycles. The average molecular weight is 222 g/mol. The lowest BCUT2D eigenvalue weighted by molar-refractivity contribution is -0.133. The van der Waals surface area contributed by atoms with Crippen LogP contribution < -0.4 is 0 Å². The minimum atomic E-state index is -2.19. The summed E-state index contributed by atoms with van der Waals surface area (Å²) in [5.74, 6) is 0. The summed E-state index contributed by atoms with van der Waals surface area (Å²) in [4.78, 5) is 11.5. The van der Waals surface area contributed by atoms with Gasteiger partial charge in [-0.3, -0.25) is 0 Å². The summed E-state index contributed by atoms with van der Waals surface area (Å²) in [7, 11) is -2.19. The van der Waals surface area contributed by atoms with Gasteiger partial charge in [-0.15, -0.1) is 0 Å². The van der Waals surface area contributed by atoms with Gasteiger partial charge in [-0.05, 0) is 0 Å². The van der Waals surface area contributed by atoms with Crippen LogP contribution >= 0.6 is 0 Å². The number of carbonyl (C=O) groups excluding carboxylic acids is 1. The lowest BCUT2D eigenvalue weighted by Gasteiger charge is -2.25. The van der Waals surface area contributed by atoms with E-state index in [4.69, 9.17) is 10.2 Å². The first-order valence-corrected chi connectivity index (χ1v) is 7.91. The molecule has 0 heterocycles. The SMILES string of the molecule is C[Si](C)(C)C(=O)[C@H](O)[C@@H](O)[C@H](O)CO. The number of aliphatic hydroxyl groups is 4. The number of hydrogen-bond donors (Lipinski definition) is 4. The third kappa shape index (κ3) is 3.47. The monoisotopic (exact) mass is 222 g/mol. The number of hydrogen-bond acceptors (Lipinski definition) is 5. The second-order valence-electron chi connectivity index (χ2n) is 4.30. The van der Waals surface area contributed by atoms with Crippen LogP contribution in [0.15, 0.2) is 0 Å². The summed E-state index contributed by atoms with van der Waals surface area (Å²) in [5, 5.41) is 35.7. The van der Waals surface area contributed by atoms with Gasteiger partial charge in [0.25, 0.3) is 0 Å². The lowest BCUT2D eigenvalue weighted by Crippen LogP contribution is -2.51. The molecule has 0 aliphatic rings. The fraction of sp³-hybridized carbons (Fsp3) is 0.875. The van der Waals surface area contributed by atoms with Crippen LogP contribution in [0.25, 0.3) is 0 Å². The highest BCUT2D eigenvalue weighted by Gasteiger charge is 2.36. The van der Waals surface area contributed by atoms with Crippen LogP contribution in [0, 0.1) is 0 Å². The van der Waals surface area contributed by atoms with E-state index in [1.54, 1.807) is 19.6 Å². The van der Waals surface area contributed by atoms with Crippen molar-refractivity contribution in [2.24, 2.45) is 0 Å². The molecule has 0 saturated carbocycles. The maximum atomic E-state index is 11.5. The summed E-state index contributed by atoms with van der Waals surface area (Å²) in [5.41, 5.74) is 0. The fourth-order valence-corrected chi connectivity index (χ4v) is 1.98. The molecule has 3 atom stereocenters. The Labute approximate surface area is 84.0 Å². The average Bonchev–Trinajstić information content (AvgIpc) is 2.11. The lowest BCUT2D eigenvalue weighted by atomic mass is 10.1. The van der Waals surface area contributed by atoms with Crippen LogP contribution in [0.3, 0.4) is 0 Å². The van der Waals surface area contributed by atoms with E-state index in [9.17, 15) is 15.0 Å². The molecular formula is C8H18O5Si. The Kier molecular flexibility index (Phi) is 4.89. The molecule has 0 rings (SSSR count). The smallest absolute Gasteiger partial charge is 0.141 e. The minimum absolute atomic E-state index is 0.433. The Morgan fingerprint density at radius 3 is 1.93 bits per heavy atom. The van der Waals surface area contributed by atoms with E-state index in [1.165, 1.54) is 0 Å². The maximum Gasteiger partial charge on any atom is 0.141 e. The van der Waals surface area contributed by atoms with Crippen molar-refractivity contribution in [3.05, 3.63) is 0 Å². The zero-order valence-electron chi connectivity index (χ0n) is 8.64. The molecule has 0 unspecified atom stereocenters. The Morgan fingerprint density at radius 1 is 1.21 bits per heavy atom. The van der Waals surface area contributed by atoms with Crippen molar-refractivity contribution in [3.63, 3.8) is 0 Å². The molecular weight excluding hydrogens is 204 g/mol. The number of rotatable bonds is 5. The molecule has 0 aliphatic heterocycles. The van der Waals surface area contributed by atoms with Crippen LogP contribution in [-0.2, 0) is 4.79 Å². The van der Waals surface area contributed by atoms with Crippen molar-refractivity contribution in [1.29, 1.82) is 0 Å². The quantitative estimate of drug-likeness (QED) is 0.425. The van der Waals surface area contributed by atoms with Crippen LogP contribution in [0.1, 0.15) is 0 Å². The third-order valence-electron chi connectivity index (χ3n) is 1.91. The second-order valence-corrected chi connectivity index (χ2v) is 9.29. The Bertz CT molecular complexity index is 200. The normalized spacial score (nSPS) is 18.8. The van der Waals surface area contributed by atoms with E-state index < -0.39 is 38.4 Å². The largest absolute Gasteiger partial charge is 0.394 e. The second kappa shape index (κ2) is 4.99. The van der Waals surface area contributed by atoms with Gasteiger partial charge >= 0.3 is 0 Å². The molecule has 5 nitrogen and oxygen atoms in total. The molecule has 6 heteroatoms. The first-order chi connectivity index (χ1) is 6.21. The van der Waals surface area contributed by atoms with Gasteiger partial charge in [0.2, 0.25) is 0 Å².